The fourth-order valence-corrected chi connectivity index (χ4v) is 1.94. The Hall–Kier alpha value is -0.530. The van der Waals surface area contributed by atoms with Crippen LogP contribution in [0.25, 0.3) is 0 Å². The largest absolute Gasteiger partial charge is 0.353 e. The predicted octanol–water partition coefficient (Wildman–Crippen LogP) is 1.80. The van der Waals surface area contributed by atoms with E-state index in [-0.39, 0.29) is 11.8 Å². The van der Waals surface area contributed by atoms with E-state index in [2.05, 4.69) is 26.1 Å². The molecular formula is C10H19NO. The molecule has 1 heterocycles. The van der Waals surface area contributed by atoms with Gasteiger partial charge in [0, 0.05) is 12.0 Å². The van der Waals surface area contributed by atoms with Crippen LogP contribution in [0.3, 0.4) is 0 Å². The number of rotatable bonds is 0. The lowest BCUT2D eigenvalue weighted by atomic mass is 9.83. The van der Waals surface area contributed by atoms with E-state index < -0.39 is 0 Å². The third-order valence-electron chi connectivity index (χ3n) is 3.21. The summed E-state index contributed by atoms with van der Waals surface area (Å²) in [5, 5.41) is 3.01. The average Bonchev–Trinajstić information content (AvgIpc) is 2.05. The van der Waals surface area contributed by atoms with Crippen molar-refractivity contribution in [1.82, 2.24) is 5.32 Å². The molecule has 1 amide bonds. The third kappa shape index (κ3) is 1.79. The molecule has 1 fully saturated rings. The van der Waals surface area contributed by atoms with Gasteiger partial charge < -0.3 is 5.32 Å². The number of hydrogen-bond donors (Lipinski definition) is 1. The van der Waals surface area contributed by atoms with Crippen LogP contribution in [-0.4, -0.2) is 11.9 Å². The molecule has 0 aliphatic carbocycles. The smallest absolute Gasteiger partial charge is 0.223 e. The van der Waals surface area contributed by atoms with Crippen LogP contribution in [0.2, 0.25) is 0 Å². The van der Waals surface area contributed by atoms with Crippen LogP contribution >= 0.6 is 0 Å². The highest BCUT2D eigenvalue weighted by atomic mass is 16.1. The second-order valence-electron chi connectivity index (χ2n) is 4.27. The first-order chi connectivity index (χ1) is 5.52. The standard InChI is InChI=1S/C10H19NO/c1-6-5-7(2)11-10(12)9(4)8(6)3/h6-9H,5H2,1-4H3,(H,11,12). The molecule has 1 aliphatic rings. The molecule has 1 N–H and O–H groups in total. The zero-order chi connectivity index (χ0) is 9.30. The first-order valence-corrected chi connectivity index (χ1v) is 4.82. The van der Waals surface area contributed by atoms with Crippen molar-refractivity contribution in [2.45, 2.75) is 40.2 Å². The first-order valence-electron chi connectivity index (χ1n) is 4.82. The molecule has 1 rings (SSSR count). The van der Waals surface area contributed by atoms with E-state index >= 15 is 0 Å². The van der Waals surface area contributed by atoms with Gasteiger partial charge >= 0.3 is 0 Å². The topological polar surface area (TPSA) is 29.1 Å². The van der Waals surface area contributed by atoms with E-state index in [1.165, 1.54) is 0 Å². The summed E-state index contributed by atoms with van der Waals surface area (Å²) in [5.41, 5.74) is 0. The van der Waals surface area contributed by atoms with Gasteiger partial charge in [-0.15, -0.1) is 0 Å². The van der Waals surface area contributed by atoms with Gasteiger partial charge in [0.15, 0.2) is 0 Å². The van der Waals surface area contributed by atoms with E-state index in [0.29, 0.717) is 17.9 Å². The molecule has 4 atom stereocenters. The zero-order valence-electron chi connectivity index (χ0n) is 8.42. The summed E-state index contributed by atoms with van der Waals surface area (Å²) >= 11 is 0. The van der Waals surface area contributed by atoms with Crippen LogP contribution in [-0.2, 0) is 4.79 Å². The maximum Gasteiger partial charge on any atom is 0.223 e. The minimum absolute atomic E-state index is 0.171. The van der Waals surface area contributed by atoms with Gasteiger partial charge in [-0.25, -0.2) is 0 Å². The number of carbonyl (C=O) groups excluding carboxylic acids is 1. The molecule has 70 valence electrons. The van der Waals surface area contributed by atoms with Crippen LogP contribution in [0.4, 0.5) is 0 Å². The van der Waals surface area contributed by atoms with Crippen molar-refractivity contribution in [3.8, 4) is 0 Å². The van der Waals surface area contributed by atoms with Crippen molar-refractivity contribution < 1.29 is 4.79 Å². The van der Waals surface area contributed by atoms with Gasteiger partial charge in [-0.2, -0.15) is 0 Å². The van der Waals surface area contributed by atoms with Crippen molar-refractivity contribution >= 4 is 5.91 Å². The Labute approximate surface area is 74.7 Å². The summed E-state index contributed by atoms with van der Waals surface area (Å²) in [6.45, 7) is 8.51. The lowest BCUT2D eigenvalue weighted by Crippen LogP contribution is -2.34. The molecule has 0 saturated carbocycles. The quantitative estimate of drug-likeness (QED) is 0.588. The number of carbonyl (C=O) groups is 1. The highest BCUT2D eigenvalue weighted by Crippen LogP contribution is 2.27. The van der Waals surface area contributed by atoms with Crippen LogP contribution in [0.5, 0.6) is 0 Å². The normalized spacial score (nSPS) is 43.5. The fraction of sp³-hybridized carbons (Fsp3) is 0.900. The molecule has 0 radical (unpaired) electrons. The second kappa shape index (κ2) is 3.46. The maximum atomic E-state index is 11.5. The molecule has 0 aromatic rings. The first kappa shape index (κ1) is 9.56. The van der Waals surface area contributed by atoms with Gasteiger partial charge in [0.2, 0.25) is 5.91 Å². The van der Waals surface area contributed by atoms with Gasteiger partial charge in [0.05, 0.1) is 0 Å². The van der Waals surface area contributed by atoms with E-state index in [0.717, 1.165) is 6.42 Å². The van der Waals surface area contributed by atoms with E-state index in [4.69, 9.17) is 0 Å². The van der Waals surface area contributed by atoms with Gasteiger partial charge in [-0.3, -0.25) is 4.79 Å². The van der Waals surface area contributed by atoms with Crippen molar-refractivity contribution in [1.29, 1.82) is 0 Å². The van der Waals surface area contributed by atoms with Crippen molar-refractivity contribution in [3.05, 3.63) is 0 Å². The minimum atomic E-state index is 0.171. The van der Waals surface area contributed by atoms with Crippen molar-refractivity contribution in [3.63, 3.8) is 0 Å². The molecule has 1 aliphatic heterocycles. The molecule has 0 bridgehead atoms. The average molecular weight is 169 g/mol. The Kier molecular flexibility index (Phi) is 2.76. The van der Waals surface area contributed by atoms with Crippen molar-refractivity contribution in [2.75, 3.05) is 0 Å². The summed E-state index contributed by atoms with van der Waals surface area (Å²) < 4.78 is 0. The molecule has 0 aromatic heterocycles. The van der Waals surface area contributed by atoms with E-state index in [1.807, 2.05) is 6.92 Å². The van der Waals surface area contributed by atoms with E-state index in [1.54, 1.807) is 0 Å². The number of nitrogens with one attached hydrogen (secondary N) is 1. The summed E-state index contributed by atoms with van der Waals surface area (Å²) in [7, 11) is 0. The Morgan fingerprint density at radius 2 is 1.83 bits per heavy atom. The Balaban J connectivity index is 2.73. The van der Waals surface area contributed by atoms with Gasteiger partial charge in [0.1, 0.15) is 0 Å². The lowest BCUT2D eigenvalue weighted by molar-refractivity contribution is -0.125. The molecule has 0 spiro atoms. The number of amides is 1. The highest BCUT2D eigenvalue weighted by molar-refractivity contribution is 5.79. The number of hydrogen-bond acceptors (Lipinski definition) is 1. The van der Waals surface area contributed by atoms with Gasteiger partial charge in [-0.1, -0.05) is 20.8 Å². The summed E-state index contributed by atoms with van der Waals surface area (Å²) in [5.74, 6) is 1.55. The van der Waals surface area contributed by atoms with Crippen LogP contribution < -0.4 is 5.32 Å². The summed E-state index contributed by atoms with van der Waals surface area (Å²) in [6, 6.07) is 0.347. The van der Waals surface area contributed by atoms with Crippen molar-refractivity contribution in [2.24, 2.45) is 17.8 Å². The predicted molar refractivity (Wildman–Crippen MR) is 49.7 cm³/mol. The third-order valence-corrected chi connectivity index (χ3v) is 3.21. The Bertz CT molecular complexity index is 179. The summed E-state index contributed by atoms with van der Waals surface area (Å²) in [6.07, 6.45) is 1.11. The molecule has 4 unspecified atom stereocenters. The molecule has 12 heavy (non-hydrogen) atoms. The fourth-order valence-electron chi connectivity index (χ4n) is 1.94. The molecular weight excluding hydrogens is 150 g/mol. The monoisotopic (exact) mass is 169 g/mol. The lowest BCUT2D eigenvalue weighted by Gasteiger charge is -2.20. The molecule has 0 aromatic carbocycles. The van der Waals surface area contributed by atoms with Crippen LogP contribution in [0, 0.1) is 17.8 Å². The van der Waals surface area contributed by atoms with Gasteiger partial charge in [0.25, 0.3) is 0 Å². The van der Waals surface area contributed by atoms with Crippen LogP contribution in [0.1, 0.15) is 34.1 Å². The Morgan fingerprint density at radius 3 is 2.42 bits per heavy atom. The molecule has 2 heteroatoms. The molecule has 2 nitrogen and oxygen atoms in total. The highest BCUT2D eigenvalue weighted by Gasteiger charge is 2.30. The van der Waals surface area contributed by atoms with E-state index in [9.17, 15) is 4.79 Å². The second-order valence-corrected chi connectivity index (χ2v) is 4.27. The Morgan fingerprint density at radius 1 is 1.25 bits per heavy atom. The molecule has 1 saturated heterocycles. The SMILES string of the molecule is CC1CC(C)C(C)C(C)C(=O)N1. The maximum absolute atomic E-state index is 11.5. The minimum Gasteiger partial charge on any atom is -0.353 e. The van der Waals surface area contributed by atoms with Gasteiger partial charge in [-0.05, 0) is 25.2 Å². The van der Waals surface area contributed by atoms with Crippen LogP contribution in [0.15, 0.2) is 0 Å². The summed E-state index contributed by atoms with van der Waals surface area (Å²) in [4.78, 5) is 11.5. The zero-order valence-corrected chi connectivity index (χ0v) is 8.42.